The van der Waals surface area contributed by atoms with Gasteiger partial charge in [-0.05, 0) is 50.2 Å². The van der Waals surface area contributed by atoms with E-state index < -0.39 is 12.3 Å². The van der Waals surface area contributed by atoms with Crippen molar-refractivity contribution in [1.29, 1.82) is 0 Å². The molecule has 0 aromatic heterocycles. The van der Waals surface area contributed by atoms with E-state index in [0.29, 0.717) is 12.0 Å². The fourth-order valence-electron chi connectivity index (χ4n) is 2.37. The van der Waals surface area contributed by atoms with Crippen molar-refractivity contribution in [3.8, 4) is 0 Å². The first-order valence-corrected chi connectivity index (χ1v) is 6.36. The SMILES string of the molecule is O=C(OC(F)(F)F)/C(=C\C1=CCCC1)C1=CCCC1. The highest BCUT2D eigenvalue weighted by Crippen LogP contribution is 2.30. The Hall–Kier alpha value is -1.52. The smallest absolute Gasteiger partial charge is 0.369 e. The van der Waals surface area contributed by atoms with Crippen molar-refractivity contribution in [2.24, 2.45) is 0 Å². The van der Waals surface area contributed by atoms with Gasteiger partial charge in [0.25, 0.3) is 0 Å². The van der Waals surface area contributed by atoms with Crippen molar-refractivity contribution in [3.05, 3.63) is 34.9 Å². The number of allylic oxidation sites excluding steroid dienone is 4. The van der Waals surface area contributed by atoms with E-state index in [0.717, 1.165) is 37.7 Å². The minimum atomic E-state index is -4.93. The van der Waals surface area contributed by atoms with Gasteiger partial charge in [-0.1, -0.05) is 17.7 Å². The number of hydrogen-bond acceptors (Lipinski definition) is 2. The average molecular weight is 272 g/mol. The van der Waals surface area contributed by atoms with E-state index in [4.69, 9.17) is 0 Å². The molecule has 0 saturated heterocycles. The van der Waals surface area contributed by atoms with Crippen LogP contribution in [0.2, 0.25) is 0 Å². The topological polar surface area (TPSA) is 26.3 Å². The molecule has 0 unspecified atom stereocenters. The Morgan fingerprint density at radius 2 is 1.84 bits per heavy atom. The van der Waals surface area contributed by atoms with Crippen LogP contribution in [0, 0.1) is 0 Å². The highest BCUT2D eigenvalue weighted by molar-refractivity contribution is 5.94. The summed E-state index contributed by atoms with van der Waals surface area (Å²) in [7, 11) is 0. The van der Waals surface area contributed by atoms with Crippen LogP contribution in [0.1, 0.15) is 38.5 Å². The zero-order valence-electron chi connectivity index (χ0n) is 10.4. The minimum absolute atomic E-state index is 0.0583. The first-order chi connectivity index (χ1) is 8.96. The maximum atomic E-state index is 12.2. The van der Waals surface area contributed by atoms with Crippen molar-refractivity contribution in [3.63, 3.8) is 0 Å². The molecule has 0 N–H and O–H groups in total. The van der Waals surface area contributed by atoms with Crippen LogP contribution < -0.4 is 0 Å². The molecule has 0 saturated carbocycles. The molecule has 0 spiro atoms. The van der Waals surface area contributed by atoms with Gasteiger partial charge in [0.05, 0.1) is 5.57 Å². The molecule has 19 heavy (non-hydrogen) atoms. The maximum Gasteiger partial charge on any atom is 0.575 e. The molecular weight excluding hydrogens is 257 g/mol. The van der Waals surface area contributed by atoms with Crippen LogP contribution in [0.25, 0.3) is 0 Å². The lowest BCUT2D eigenvalue weighted by atomic mass is 10.0. The zero-order valence-corrected chi connectivity index (χ0v) is 10.4. The number of carbonyl (C=O) groups is 1. The molecule has 0 heterocycles. The Morgan fingerprint density at radius 1 is 1.16 bits per heavy atom. The van der Waals surface area contributed by atoms with Crippen LogP contribution in [0.3, 0.4) is 0 Å². The summed E-state index contributed by atoms with van der Waals surface area (Å²) >= 11 is 0. The summed E-state index contributed by atoms with van der Waals surface area (Å²) in [5.74, 6) is -1.30. The number of rotatable bonds is 3. The minimum Gasteiger partial charge on any atom is -0.369 e. The lowest BCUT2D eigenvalue weighted by Crippen LogP contribution is -2.21. The van der Waals surface area contributed by atoms with Crippen LogP contribution >= 0.6 is 0 Å². The largest absolute Gasteiger partial charge is 0.575 e. The Balaban J connectivity index is 2.21. The number of carbonyl (C=O) groups excluding carboxylic acids is 1. The third kappa shape index (κ3) is 3.98. The van der Waals surface area contributed by atoms with E-state index in [1.165, 1.54) is 0 Å². The Bertz CT molecular complexity index is 456. The number of ether oxygens (including phenoxy) is 1. The highest BCUT2D eigenvalue weighted by Gasteiger charge is 2.36. The predicted octanol–water partition coefficient (Wildman–Crippen LogP) is 4.20. The van der Waals surface area contributed by atoms with Crippen molar-refractivity contribution < 1.29 is 22.7 Å². The van der Waals surface area contributed by atoms with Crippen molar-refractivity contribution in [1.82, 2.24) is 0 Å². The summed E-state index contributed by atoms with van der Waals surface area (Å²) in [4.78, 5) is 11.7. The van der Waals surface area contributed by atoms with Crippen LogP contribution in [0.15, 0.2) is 34.9 Å². The maximum absolute atomic E-state index is 12.2. The molecule has 0 fully saturated rings. The van der Waals surface area contributed by atoms with E-state index in [9.17, 15) is 18.0 Å². The molecule has 2 aliphatic rings. The van der Waals surface area contributed by atoms with Crippen LogP contribution in [0.4, 0.5) is 13.2 Å². The average Bonchev–Trinajstić information content (AvgIpc) is 2.96. The fraction of sp³-hybridized carbons (Fsp3) is 0.500. The molecule has 104 valence electrons. The van der Waals surface area contributed by atoms with Crippen molar-refractivity contribution in [2.45, 2.75) is 44.9 Å². The fourth-order valence-corrected chi connectivity index (χ4v) is 2.37. The van der Waals surface area contributed by atoms with E-state index in [1.807, 2.05) is 12.2 Å². The molecule has 0 radical (unpaired) electrons. The number of esters is 1. The molecule has 0 atom stereocenters. The van der Waals surface area contributed by atoms with E-state index >= 15 is 0 Å². The zero-order chi connectivity index (χ0) is 13.9. The Morgan fingerprint density at radius 3 is 2.37 bits per heavy atom. The van der Waals surface area contributed by atoms with Crippen molar-refractivity contribution in [2.75, 3.05) is 0 Å². The van der Waals surface area contributed by atoms with Gasteiger partial charge in [-0.15, -0.1) is 13.2 Å². The van der Waals surface area contributed by atoms with Gasteiger partial charge in [0.2, 0.25) is 0 Å². The third-order valence-corrected chi connectivity index (χ3v) is 3.22. The second kappa shape index (κ2) is 5.63. The third-order valence-electron chi connectivity index (χ3n) is 3.22. The summed E-state index contributed by atoms with van der Waals surface area (Å²) < 4.78 is 40.0. The number of halogens is 3. The van der Waals surface area contributed by atoms with E-state index in [1.54, 1.807) is 6.08 Å². The standard InChI is InChI=1S/C14H15F3O2/c15-14(16,17)19-13(18)12(11-7-3-4-8-11)9-10-5-1-2-6-10/h5,7,9H,1-4,6,8H2/b12-9-. The molecule has 2 rings (SSSR count). The highest BCUT2D eigenvalue weighted by atomic mass is 19.4. The molecule has 0 amide bonds. The Kier molecular flexibility index (Phi) is 4.12. The second-order valence-corrected chi connectivity index (χ2v) is 4.69. The van der Waals surface area contributed by atoms with Crippen LogP contribution in [0.5, 0.6) is 0 Å². The molecule has 2 aliphatic carbocycles. The monoisotopic (exact) mass is 272 g/mol. The molecule has 5 heteroatoms. The van der Waals surface area contributed by atoms with E-state index in [-0.39, 0.29) is 5.57 Å². The summed E-state index contributed by atoms with van der Waals surface area (Å²) in [5.41, 5.74) is 1.65. The van der Waals surface area contributed by atoms with Gasteiger partial charge in [0.15, 0.2) is 0 Å². The quantitative estimate of drug-likeness (QED) is 0.568. The first kappa shape index (κ1) is 13.9. The molecule has 0 aromatic rings. The molecule has 0 aromatic carbocycles. The van der Waals surface area contributed by atoms with Gasteiger partial charge >= 0.3 is 12.3 Å². The summed E-state index contributed by atoms with van der Waals surface area (Å²) in [6, 6.07) is 0. The number of hydrogen-bond donors (Lipinski definition) is 0. The lowest BCUT2D eigenvalue weighted by molar-refractivity contribution is -0.303. The summed E-state index contributed by atoms with van der Waals surface area (Å²) in [6.45, 7) is 0. The van der Waals surface area contributed by atoms with Gasteiger partial charge in [0, 0.05) is 0 Å². The molecular formula is C14H15F3O2. The van der Waals surface area contributed by atoms with Gasteiger partial charge in [-0.2, -0.15) is 0 Å². The van der Waals surface area contributed by atoms with Gasteiger partial charge in [-0.3, -0.25) is 0 Å². The van der Waals surface area contributed by atoms with Gasteiger partial charge < -0.3 is 4.74 Å². The number of alkyl halides is 3. The summed E-state index contributed by atoms with van der Waals surface area (Å²) in [6.07, 6.45) is 5.38. The molecule has 0 aliphatic heterocycles. The Labute approximate surface area is 109 Å². The summed E-state index contributed by atoms with van der Waals surface area (Å²) in [5, 5.41) is 0. The van der Waals surface area contributed by atoms with E-state index in [2.05, 4.69) is 4.74 Å². The normalized spacial score (nSPS) is 20.3. The lowest BCUT2D eigenvalue weighted by Gasteiger charge is -2.11. The van der Waals surface area contributed by atoms with Crippen LogP contribution in [-0.4, -0.2) is 12.3 Å². The van der Waals surface area contributed by atoms with Gasteiger partial charge in [0.1, 0.15) is 0 Å². The van der Waals surface area contributed by atoms with Crippen LogP contribution in [-0.2, 0) is 9.53 Å². The van der Waals surface area contributed by atoms with Gasteiger partial charge in [-0.25, -0.2) is 4.79 Å². The second-order valence-electron chi connectivity index (χ2n) is 4.69. The first-order valence-electron chi connectivity index (χ1n) is 6.36. The molecule has 2 nitrogen and oxygen atoms in total. The predicted molar refractivity (Wildman–Crippen MR) is 64.1 cm³/mol. The molecule has 0 bridgehead atoms. The van der Waals surface area contributed by atoms with Crippen molar-refractivity contribution >= 4 is 5.97 Å².